The average molecular weight is 598 g/mol. The normalized spacial score (nSPS) is 13.6. The number of diazo groups is 1. The fourth-order valence-corrected chi connectivity index (χ4v) is 4.57. The van der Waals surface area contributed by atoms with Crippen LogP contribution in [0.2, 0.25) is 0 Å². The second kappa shape index (κ2) is 16.5. The summed E-state index contributed by atoms with van der Waals surface area (Å²) in [6.07, 6.45) is 16.2. The van der Waals surface area contributed by atoms with E-state index in [1.54, 1.807) is 6.07 Å². The molecule has 0 heterocycles. The van der Waals surface area contributed by atoms with Gasteiger partial charge in [0, 0.05) is 6.54 Å². The summed E-state index contributed by atoms with van der Waals surface area (Å²) in [5, 5.41) is 9.29. The maximum atomic E-state index is 12.5. The van der Waals surface area contributed by atoms with Gasteiger partial charge in [-0.1, -0.05) is 90.9 Å². The first-order valence-corrected chi connectivity index (χ1v) is 16.7. The van der Waals surface area contributed by atoms with Gasteiger partial charge in [-0.25, -0.2) is 13.1 Å². The third-order valence-corrected chi connectivity index (χ3v) is 6.89. The minimum atomic E-state index is -10.7. The number of rotatable bonds is 19. The van der Waals surface area contributed by atoms with Crippen LogP contribution in [0.25, 0.3) is 4.98 Å². The number of halogens is 6. The fraction of sp³-hybridized carbons (Fsp3) is 0.750. The first-order chi connectivity index (χ1) is 17.5. The van der Waals surface area contributed by atoms with Crippen molar-refractivity contribution in [3.8, 4) is 5.75 Å². The zero-order chi connectivity index (χ0) is 29.2. The first kappa shape index (κ1) is 36.4. The summed E-state index contributed by atoms with van der Waals surface area (Å²) in [5.41, 5.74) is 0.140. The molecule has 0 bridgehead atoms. The zero-order valence-electron chi connectivity index (χ0n) is 22.3. The third kappa shape index (κ3) is 23.5. The summed E-state index contributed by atoms with van der Waals surface area (Å²) >= 11 is 0. The van der Waals surface area contributed by atoms with Crippen molar-refractivity contribution in [3.05, 3.63) is 23.2 Å². The Hall–Kier alpha value is -1.64. The van der Waals surface area contributed by atoms with Gasteiger partial charge in [-0.3, -0.25) is 0 Å². The molecule has 0 unspecified atom stereocenters. The van der Waals surface area contributed by atoms with Crippen molar-refractivity contribution in [1.82, 2.24) is 4.72 Å². The van der Waals surface area contributed by atoms with Crippen molar-refractivity contribution in [2.75, 3.05) is 13.2 Å². The van der Waals surface area contributed by atoms with Crippen LogP contribution in [0.5, 0.6) is 5.75 Å². The molecule has 14 heteroatoms. The molecule has 1 N–H and O–H groups in total. The Morgan fingerprint density at radius 3 is 1.71 bits per heavy atom. The van der Waals surface area contributed by atoms with Crippen molar-refractivity contribution in [3.63, 3.8) is 0 Å². The Morgan fingerprint density at radius 2 is 1.24 bits per heavy atom. The number of benzene rings is 1. The molecule has 0 amide bonds. The Labute approximate surface area is 222 Å². The van der Waals surface area contributed by atoms with Crippen LogP contribution in [0.1, 0.15) is 104 Å². The third-order valence-electron chi connectivity index (χ3n) is 5.43. The van der Waals surface area contributed by atoms with Crippen LogP contribution in [0.4, 0.5) is 30.9 Å². The fourth-order valence-electron chi connectivity index (χ4n) is 3.48. The zero-order valence-corrected chi connectivity index (χ0v) is 24.0. The SMILES string of the molecule is CCCCCCCCCCNS(=O)(=O)c1ccc(OCCCCCCCC)c([N+]#N)c1.F[P-](F)(F)(F)(F)F. The summed E-state index contributed by atoms with van der Waals surface area (Å²) in [4.78, 5) is 3.31. The molecule has 1 rings (SSSR count). The maximum absolute atomic E-state index is 12.5. The van der Waals surface area contributed by atoms with Crippen molar-refractivity contribution in [1.29, 1.82) is 5.39 Å². The van der Waals surface area contributed by atoms with Crippen LogP contribution < -0.4 is 9.46 Å². The number of nitrogens with one attached hydrogen (secondary N) is 1. The number of sulfonamides is 1. The molecule has 0 aliphatic rings. The van der Waals surface area contributed by atoms with Gasteiger partial charge < -0.3 is 4.74 Å². The Bertz CT molecular complexity index is 944. The molecular formula is C24H42F6N3O3PS. The van der Waals surface area contributed by atoms with Crippen LogP contribution in [-0.4, -0.2) is 21.6 Å². The molecule has 0 saturated heterocycles. The molecule has 0 fully saturated rings. The van der Waals surface area contributed by atoms with Gasteiger partial charge in [-0.15, -0.1) is 0 Å². The molecule has 0 saturated carbocycles. The summed E-state index contributed by atoms with van der Waals surface area (Å²) in [6.45, 7) is 5.34. The van der Waals surface area contributed by atoms with E-state index in [-0.39, 0.29) is 10.6 Å². The number of nitrogens with zero attached hydrogens (tertiary/aromatic N) is 2. The number of unbranched alkanes of at least 4 members (excludes halogenated alkanes) is 12. The van der Waals surface area contributed by atoms with E-state index in [0.717, 1.165) is 32.1 Å². The molecular weight excluding hydrogens is 555 g/mol. The topological polar surface area (TPSA) is 83.6 Å². The van der Waals surface area contributed by atoms with Crippen molar-refractivity contribution in [2.24, 2.45) is 0 Å². The van der Waals surface area contributed by atoms with Gasteiger partial charge >= 0.3 is 38.7 Å². The van der Waals surface area contributed by atoms with Crippen LogP contribution >= 0.6 is 7.81 Å². The molecule has 0 aliphatic carbocycles. The van der Waals surface area contributed by atoms with Crippen LogP contribution in [0.15, 0.2) is 23.1 Å². The summed E-state index contributed by atoms with van der Waals surface area (Å²) < 4.78 is 92.6. The summed E-state index contributed by atoms with van der Waals surface area (Å²) in [7, 11) is -14.3. The monoisotopic (exact) mass is 597 g/mol. The van der Waals surface area contributed by atoms with Crippen molar-refractivity contribution < 1.29 is 38.3 Å². The molecule has 1 aromatic rings. The second-order valence-corrected chi connectivity index (χ2v) is 12.9. The Kier molecular flexibility index (Phi) is 15.8. The van der Waals surface area contributed by atoms with Gasteiger partial charge in [0.2, 0.25) is 21.2 Å². The van der Waals surface area contributed by atoms with Gasteiger partial charge in [0.1, 0.15) is 0 Å². The van der Waals surface area contributed by atoms with Gasteiger partial charge in [0.15, 0.2) is 4.98 Å². The minimum absolute atomic E-state index is 0.0896. The molecule has 0 spiro atoms. The first-order valence-electron chi connectivity index (χ1n) is 13.2. The summed E-state index contributed by atoms with van der Waals surface area (Å²) in [5.74, 6) is 0.401. The standard InChI is InChI=1S/C24H42N3O3S.F6P/c1-3-5-7-9-11-12-13-15-19-26-31(28,29)22-17-18-24(23(21-22)27-25)30-20-16-14-10-8-6-4-2;1-7(2,3,4,5)6/h17-18,21,26H,3-16,19-20H2,1-2H3;/q+1;-1. The molecule has 0 atom stereocenters. The van der Waals surface area contributed by atoms with Gasteiger partial charge in [-0.05, 0) is 25.0 Å². The van der Waals surface area contributed by atoms with Gasteiger partial charge in [0.25, 0.3) is 0 Å². The molecule has 38 heavy (non-hydrogen) atoms. The van der Waals surface area contributed by atoms with E-state index >= 15 is 0 Å². The molecule has 1 aromatic carbocycles. The number of hydrogen-bond donors (Lipinski definition) is 1. The van der Waals surface area contributed by atoms with E-state index in [1.165, 1.54) is 69.9 Å². The predicted octanol–water partition coefficient (Wildman–Crippen LogP) is 10.7. The number of hydrogen-bond acceptors (Lipinski definition) is 4. The Morgan fingerprint density at radius 1 is 0.789 bits per heavy atom. The number of ether oxygens (including phenoxy) is 1. The predicted molar refractivity (Wildman–Crippen MR) is 141 cm³/mol. The van der Waals surface area contributed by atoms with Crippen LogP contribution in [-0.2, 0) is 10.0 Å². The van der Waals surface area contributed by atoms with E-state index < -0.39 is 17.8 Å². The van der Waals surface area contributed by atoms with E-state index in [9.17, 15) is 39.0 Å². The van der Waals surface area contributed by atoms with Crippen LogP contribution in [0, 0.1) is 5.39 Å². The van der Waals surface area contributed by atoms with E-state index in [4.69, 9.17) is 4.74 Å². The molecule has 6 nitrogen and oxygen atoms in total. The molecule has 0 aromatic heterocycles. The molecule has 0 aliphatic heterocycles. The van der Waals surface area contributed by atoms with Crippen molar-refractivity contribution in [2.45, 2.75) is 109 Å². The van der Waals surface area contributed by atoms with Gasteiger partial charge in [0.05, 0.1) is 17.6 Å². The van der Waals surface area contributed by atoms with Gasteiger partial charge in [-0.2, -0.15) is 0 Å². The quantitative estimate of drug-likeness (QED) is 0.0744. The molecule has 224 valence electrons. The van der Waals surface area contributed by atoms with Crippen LogP contribution in [0.3, 0.4) is 0 Å². The Balaban J connectivity index is 0.00000171. The van der Waals surface area contributed by atoms with E-state index in [1.807, 2.05) is 0 Å². The van der Waals surface area contributed by atoms with E-state index in [2.05, 4.69) is 23.5 Å². The van der Waals surface area contributed by atoms with Crippen molar-refractivity contribution >= 4 is 23.5 Å². The average Bonchev–Trinajstić information content (AvgIpc) is 2.80. The summed E-state index contributed by atoms with van der Waals surface area (Å²) in [6, 6.07) is 4.42. The van der Waals surface area contributed by atoms with E-state index in [0.29, 0.717) is 18.9 Å². The molecule has 0 radical (unpaired) electrons. The second-order valence-electron chi connectivity index (χ2n) is 9.18.